The summed E-state index contributed by atoms with van der Waals surface area (Å²) in [6, 6.07) is 29.9. The minimum absolute atomic E-state index is 0. The van der Waals surface area contributed by atoms with Crippen LogP contribution in [0.3, 0.4) is 0 Å². The molecule has 10 heteroatoms. The lowest BCUT2D eigenvalue weighted by molar-refractivity contribution is 0.0684. The fraction of sp³-hybridized carbons (Fsp3) is 0.273. The number of carbonyl (C=O) groups is 1. The van der Waals surface area contributed by atoms with Crippen molar-refractivity contribution < 1.29 is 9.90 Å². The Hall–Kier alpha value is -3.33. The fourth-order valence-corrected chi connectivity index (χ4v) is 6.01. The number of piperazine rings is 1. The summed E-state index contributed by atoms with van der Waals surface area (Å²) in [5.74, 6) is -0.881. The Balaban J connectivity index is 0.00000169. The van der Waals surface area contributed by atoms with E-state index in [2.05, 4.69) is 93.6 Å². The number of hydrogen-bond acceptors (Lipinski definition) is 4. The summed E-state index contributed by atoms with van der Waals surface area (Å²) in [6.45, 7) is 6.36. The van der Waals surface area contributed by atoms with Crippen LogP contribution in [0.1, 0.15) is 39.6 Å². The first-order valence-corrected chi connectivity index (χ1v) is 14.0. The summed E-state index contributed by atoms with van der Waals surface area (Å²) in [6.07, 6.45) is 6.40. The van der Waals surface area contributed by atoms with Crippen LogP contribution < -0.4 is 0 Å². The van der Waals surface area contributed by atoms with Gasteiger partial charge in [0.15, 0.2) is 0 Å². The third-order valence-electron chi connectivity index (χ3n) is 7.97. The van der Waals surface area contributed by atoms with Crippen molar-refractivity contribution in [1.82, 2.24) is 23.9 Å². The first-order valence-electron chi connectivity index (χ1n) is 14.0. The third-order valence-corrected chi connectivity index (χ3v) is 7.97. The zero-order valence-corrected chi connectivity index (χ0v) is 26.3. The smallest absolute Gasteiger partial charge is 0.352 e. The van der Waals surface area contributed by atoms with Gasteiger partial charge < -0.3 is 19.1 Å². The summed E-state index contributed by atoms with van der Waals surface area (Å²) < 4.78 is 3.98. The molecule has 1 saturated heterocycles. The van der Waals surface area contributed by atoms with E-state index in [1.165, 1.54) is 11.1 Å². The van der Waals surface area contributed by atoms with Crippen LogP contribution in [0, 0.1) is 0 Å². The summed E-state index contributed by atoms with van der Waals surface area (Å²) in [5.41, 5.74) is 5.12. The number of aromatic nitrogens is 3. The average molecular weight is 643 g/mol. The summed E-state index contributed by atoms with van der Waals surface area (Å²) in [7, 11) is 0. The second kappa shape index (κ2) is 15.9. The largest absolute Gasteiger partial charge is 0.477 e. The maximum absolute atomic E-state index is 12.1. The van der Waals surface area contributed by atoms with E-state index < -0.39 is 5.97 Å². The molecule has 43 heavy (non-hydrogen) atoms. The number of carboxylic acids is 1. The molecule has 3 heterocycles. The second-order valence-electron chi connectivity index (χ2n) is 10.6. The molecule has 0 amide bonds. The quantitative estimate of drug-likeness (QED) is 0.185. The highest BCUT2D eigenvalue weighted by molar-refractivity contribution is 5.94. The van der Waals surface area contributed by atoms with Crippen molar-refractivity contribution in [2.24, 2.45) is 0 Å². The molecule has 0 radical (unpaired) electrons. The van der Waals surface area contributed by atoms with Crippen LogP contribution >= 0.6 is 37.2 Å². The lowest BCUT2D eigenvalue weighted by atomic mass is 9.96. The molecule has 1 fully saturated rings. The van der Waals surface area contributed by atoms with Crippen molar-refractivity contribution in [2.45, 2.75) is 25.6 Å². The van der Waals surface area contributed by atoms with Gasteiger partial charge in [0.05, 0.1) is 12.4 Å². The Labute approximate surface area is 271 Å². The Morgan fingerprint density at radius 1 is 0.814 bits per heavy atom. The molecule has 6 rings (SSSR count). The lowest BCUT2D eigenvalue weighted by Gasteiger charge is -2.40. The standard InChI is InChI=1S/C33H35N5O2.3ClH/c39-33(40)31-23-29-22-26(24-36-17-14-34-25-36)12-13-30(29)38(31)16-7-15-35-18-20-37(21-19-35)32(27-8-3-1-4-9-27)28-10-5-2-6-11-28;;;/h1-6,8-14,17,22-23,25,32H,7,15-16,18-21,24H2,(H,39,40);3*1H. The Kier molecular flexibility index (Phi) is 12.7. The molecule has 5 aromatic rings. The van der Waals surface area contributed by atoms with Crippen molar-refractivity contribution >= 4 is 54.1 Å². The molecule has 0 atom stereocenters. The van der Waals surface area contributed by atoms with Gasteiger partial charge in [0, 0.05) is 62.6 Å². The normalized spacial score (nSPS) is 13.7. The number of halogens is 3. The first kappa shape index (κ1) is 34.2. The lowest BCUT2D eigenvalue weighted by Crippen LogP contribution is -2.48. The summed E-state index contributed by atoms with van der Waals surface area (Å²) >= 11 is 0. The van der Waals surface area contributed by atoms with Gasteiger partial charge in [0.25, 0.3) is 0 Å². The van der Waals surface area contributed by atoms with Crippen LogP contribution in [0.2, 0.25) is 0 Å². The minimum atomic E-state index is -0.881. The van der Waals surface area contributed by atoms with E-state index in [1.54, 1.807) is 18.6 Å². The SMILES string of the molecule is Cl.Cl.Cl.O=C(O)c1cc2cc(Cn3ccnc3)ccc2n1CCCN1CCN(C(c2ccccc2)c2ccccc2)CC1. The zero-order valence-electron chi connectivity index (χ0n) is 23.9. The number of fused-ring (bicyclic) bond motifs is 1. The molecular formula is C33H38Cl3N5O2. The van der Waals surface area contributed by atoms with Gasteiger partial charge in [0.1, 0.15) is 5.69 Å². The van der Waals surface area contributed by atoms with Crippen molar-refractivity contribution in [1.29, 1.82) is 0 Å². The van der Waals surface area contributed by atoms with Gasteiger partial charge in [-0.25, -0.2) is 9.78 Å². The highest BCUT2D eigenvalue weighted by Gasteiger charge is 2.26. The maximum atomic E-state index is 12.1. The summed E-state index contributed by atoms with van der Waals surface area (Å²) in [5, 5.41) is 10.9. The average Bonchev–Trinajstić information content (AvgIpc) is 3.63. The minimum Gasteiger partial charge on any atom is -0.477 e. The molecule has 1 N–H and O–H groups in total. The van der Waals surface area contributed by atoms with E-state index in [9.17, 15) is 9.90 Å². The number of carboxylic acid groups (broad SMARTS) is 1. The van der Waals surface area contributed by atoms with Gasteiger partial charge in [-0.05, 0) is 47.9 Å². The molecule has 3 aromatic carbocycles. The Bertz CT molecular complexity index is 1510. The molecule has 0 unspecified atom stereocenters. The Morgan fingerprint density at radius 2 is 1.47 bits per heavy atom. The monoisotopic (exact) mass is 641 g/mol. The number of aromatic carboxylic acids is 1. The topological polar surface area (TPSA) is 66.5 Å². The van der Waals surface area contributed by atoms with Crippen LogP contribution in [0.25, 0.3) is 10.9 Å². The number of rotatable bonds is 10. The van der Waals surface area contributed by atoms with Crippen LogP contribution in [0.5, 0.6) is 0 Å². The van der Waals surface area contributed by atoms with Crippen LogP contribution in [0.4, 0.5) is 0 Å². The van der Waals surface area contributed by atoms with Gasteiger partial charge in [-0.3, -0.25) is 4.90 Å². The van der Waals surface area contributed by atoms with Crippen molar-refractivity contribution in [3.05, 3.63) is 126 Å². The molecule has 1 aliphatic rings. The molecular weight excluding hydrogens is 605 g/mol. The molecule has 1 aliphatic heterocycles. The zero-order chi connectivity index (χ0) is 27.3. The number of hydrogen-bond donors (Lipinski definition) is 1. The molecule has 0 saturated carbocycles. The van der Waals surface area contributed by atoms with E-state index in [4.69, 9.17) is 0 Å². The fourth-order valence-electron chi connectivity index (χ4n) is 6.01. The maximum Gasteiger partial charge on any atom is 0.352 e. The van der Waals surface area contributed by atoms with Gasteiger partial charge in [-0.15, -0.1) is 37.2 Å². The second-order valence-corrected chi connectivity index (χ2v) is 10.6. The van der Waals surface area contributed by atoms with Gasteiger partial charge >= 0.3 is 5.97 Å². The van der Waals surface area contributed by atoms with Gasteiger partial charge in [0.2, 0.25) is 0 Å². The summed E-state index contributed by atoms with van der Waals surface area (Å²) in [4.78, 5) is 21.3. The van der Waals surface area contributed by atoms with E-state index in [1.807, 2.05) is 15.3 Å². The highest BCUT2D eigenvalue weighted by Crippen LogP contribution is 2.29. The number of aryl methyl sites for hydroxylation is 1. The number of benzene rings is 3. The van der Waals surface area contributed by atoms with E-state index in [-0.39, 0.29) is 43.3 Å². The van der Waals surface area contributed by atoms with E-state index in [0.29, 0.717) is 18.8 Å². The van der Waals surface area contributed by atoms with Crippen molar-refractivity contribution in [3.63, 3.8) is 0 Å². The molecule has 0 spiro atoms. The predicted octanol–water partition coefficient (Wildman–Crippen LogP) is 6.65. The molecule has 228 valence electrons. The van der Waals surface area contributed by atoms with Crippen LogP contribution in [0.15, 0.2) is 104 Å². The number of nitrogens with zero attached hydrogens (tertiary/aromatic N) is 5. The predicted molar refractivity (Wildman–Crippen MR) is 179 cm³/mol. The Morgan fingerprint density at radius 3 is 2.05 bits per heavy atom. The van der Waals surface area contributed by atoms with Gasteiger partial charge in [-0.1, -0.05) is 66.7 Å². The highest BCUT2D eigenvalue weighted by atomic mass is 35.5. The first-order chi connectivity index (χ1) is 19.7. The van der Waals surface area contributed by atoms with E-state index in [0.717, 1.165) is 55.6 Å². The third kappa shape index (κ3) is 7.99. The molecule has 0 bridgehead atoms. The van der Waals surface area contributed by atoms with Crippen LogP contribution in [-0.4, -0.2) is 67.7 Å². The van der Waals surface area contributed by atoms with Crippen molar-refractivity contribution in [2.75, 3.05) is 32.7 Å². The molecule has 2 aromatic heterocycles. The van der Waals surface area contributed by atoms with Gasteiger partial charge in [-0.2, -0.15) is 0 Å². The molecule has 7 nitrogen and oxygen atoms in total. The molecule has 0 aliphatic carbocycles. The van der Waals surface area contributed by atoms with Crippen molar-refractivity contribution in [3.8, 4) is 0 Å². The van der Waals surface area contributed by atoms with Crippen LogP contribution in [-0.2, 0) is 13.1 Å². The van der Waals surface area contributed by atoms with E-state index >= 15 is 0 Å². The number of imidazole rings is 1.